The third-order valence-corrected chi connectivity index (χ3v) is 2.89. The second kappa shape index (κ2) is 5.22. The van der Waals surface area contributed by atoms with E-state index in [9.17, 15) is 13.2 Å². The van der Waals surface area contributed by atoms with Crippen molar-refractivity contribution >= 4 is 11.4 Å². The van der Waals surface area contributed by atoms with Crippen molar-refractivity contribution in [1.82, 2.24) is 4.98 Å². The van der Waals surface area contributed by atoms with Crippen LogP contribution in [0.3, 0.4) is 0 Å². The van der Waals surface area contributed by atoms with E-state index in [4.69, 9.17) is 15.6 Å². The van der Waals surface area contributed by atoms with Crippen LogP contribution < -0.4 is 10.6 Å². The van der Waals surface area contributed by atoms with E-state index in [1.54, 1.807) is 4.90 Å². The molecule has 2 rings (SSSR count). The summed E-state index contributed by atoms with van der Waals surface area (Å²) >= 11 is 0. The van der Waals surface area contributed by atoms with Gasteiger partial charge in [0.2, 0.25) is 0 Å². The molecule has 1 atom stereocenters. The van der Waals surface area contributed by atoms with Gasteiger partial charge in [-0.3, -0.25) is 0 Å². The lowest BCUT2D eigenvalue weighted by molar-refractivity contribution is -0.141. The Balaban J connectivity index is 2.28. The van der Waals surface area contributed by atoms with Crippen LogP contribution in [0.1, 0.15) is 5.69 Å². The van der Waals surface area contributed by atoms with Gasteiger partial charge in [-0.05, 0) is 6.07 Å². The van der Waals surface area contributed by atoms with Gasteiger partial charge in [0, 0.05) is 13.1 Å². The predicted octanol–water partition coefficient (Wildman–Crippen LogP) is 0.880. The fourth-order valence-corrected chi connectivity index (χ4v) is 1.93. The zero-order valence-corrected chi connectivity index (χ0v) is 10.0. The average Bonchev–Trinajstić information content (AvgIpc) is 2.38. The average molecular weight is 277 g/mol. The molecule has 1 aliphatic rings. The molecule has 5 nitrogen and oxygen atoms in total. The lowest BCUT2D eigenvalue weighted by Gasteiger charge is -2.34. The predicted molar refractivity (Wildman–Crippen MR) is 62.7 cm³/mol. The van der Waals surface area contributed by atoms with Crippen LogP contribution in [0.15, 0.2) is 12.3 Å². The van der Waals surface area contributed by atoms with Gasteiger partial charge in [-0.2, -0.15) is 13.2 Å². The third kappa shape index (κ3) is 3.07. The lowest BCUT2D eigenvalue weighted by atomic mass is 10.2. The first-order valence-electron chi connectivity index (χ1n) is 5.72. The van der Waals surface area contributed by atoms with Gasteiger partial charge in [0.25, 0.3) is 0 Å². The van der Waals surface area contributed by atoms with Crippen LogP contribution in [0.4, 0.5) is 24.5 Å². The Bertz CT molecular complexity index is 453. The molecule has 0 aliphatic carbocycles. The van der Waals surface area contributed by atoms with Crippen LogP contribution in [0.5, 0.6) is 0 Å². The van der Waals surface area contributed by atoms with Crippen molar-refractivity contribution in [2.24, 2.45) is 0 Å². The third-order valence-electron chi connectivity index (χ3n) is 2.89. The smallest absolute Gasteiger partial charge is 0.396 e. The Labute approximate surface area is 107 Å². The van der Waals surface area contributed by atoms with Crippen molar-refractivity contribution < 1.29 is 23.0 Å². The van der Waals surface area contributed by atoms with Crippen LogP contribution in [0.25, 0.3) is 0 Å². The first-order valence-corrected chi connectivity index (χ1v) is 5.72. The van der Waals surface area contributed by atoms with Gasteiger partial charge in [0.15, 0.2) is 0 Å². The van der Waals surface area contributed by atoms with Crippen LogP contribution in [0, 0.1) is 0 Å². The number of aliphatic hydroxyl groups excluding tert-OH is 1. The molecule has 8 heteroatoms. The SMILES string of the molecule is Nc1cnc(C(F)(F)F)cc1N1CCOC(CO)C1. The summed E-state index contributed by atoms with van der Waals surface area (Å²) in [6.07, 6.45) is -3.93. The van der Waals surface area contributed by atoms with E-state index >= 15 is 0 Å². The summed E-state index contributed by atoms with van der Waals surface area (Å²) < 4.78 is 43.1. The first kappa shape index (κ1) is 13.9. The summed E-state index contributed by atoms with van der Waals surface area (Å²) in [5, 5.41) is 9.03. The van der Waals surface area contributed by atoms with Crippen molar-refractivity contribution in [2.75, 3.05) is 36.9 Å². The fraction of sp³-hybridized carbons (Fsp3) is 0.545. The number of nitrogens with two attached hydrogens (primary N) is 1. The normalized spacial score (nSPS) is 20.6. The van der Waals surface area contributed by atoms with Crippen molar-refractivity contribution in [3.8, 4) is 0 Å². The largest absolute Gasteiger partial charge is 0.433 e. The molecule has 0 radical (unpaired) electrons. The molecule has 0 saturated carbocycles. The number of nitrogen functional groups attached to an aromatic ring is 1. The van der Waals surface area contributed by atoms with Gasteiger partial charge >= 0.3 is 6.18 Å². The van der Waals surface area contributed by atoms with Gasteiger partial charge in [0.05, 0.1) is 36.9 Å². The lowest BCUT2D eigenvalue weighted by Crippen LogP contribution is -2.44. The van der Waals surface area contributed by atoms with Crippen molar-refractivity contribution in [3.63, 3.8) is 0 Å². The molecular formula is C11H14F3N3O2. The zero-order valence-electron chi connectivity index (χ0n) is 10.0. The summed E-state index contributed by atoms with van der Waals surface area (Å²) in [4.78, 5) is 4.95. The number of aliphatic hydroxyl groups is 1. The highest BCUT2D eigenvalue weighted by Gasteiger charge is 2.34. The molecule has 1 fully saturated rings. The molecule has 1 aliphatic heterocycles. The number of hydrogen-bond donors (Lipinski definition) is 2. The van der Waals surface area contributed by atoms with Crippen LogP contribution in [-0.2, 0) is 10.9 Å². The van der Waals surface area contributed by atoms with Crippen molar-refractivity contribution in [1.29, 1.82) is 0 Å². The molecule has 3 N–H and O–H groups in total. The minimum absolute atomic E-state index is 0.173. The zero-order chi connectivity index (χ0) is 14.0. The van der Waals surface area contributed by atoms with Gasteiger partial charge < -0.3 is 20.5 Å². The van der Waals surface area contributed by atoms with E-state index in [2.05, 4.69) is 4.98 Å². The Morgan fingerprint density at radius 3 is 2.89 bits per heavy atom. The van der Waals surface area contributed by atoms with Gasteiger partial charge in [0.1, 0.15) is 5.69 Å². The Hall–Kier alpha value is -1.54. The minimum Gasteiger partial charge on any atom is -0.396 e. The number of anilines is 2. The van der Waals surface area contributed by atoms with Gasteiger partial charge in [-0.25, -0.2) is 4.98 Å². The molecule has 1 unspecified atom stereocenters. The molecule has 0 spiro atoms. The van der Waals surface area contributed by atoms with E-state index in [-0.39, 0.29) is 18.0 Å². The summed E-state index contributed by atoms with van der Waals surface area (Å²) in [7, 11) is 0. The Morgan fingerprint density at radius 2 is 2.26 bits per heavy atom. The monoisotopic (exact) mass is 277 g/mol. The molecule has 106 valence electrons. The number of aromatic nitrogens is 1. The maximum atomic E-state index is 12.6. The first-order chi connectivity index (χ1) is 8.91. The molecule has 0 amide bonds. The Kier molecular flexibility index (Phi) is 3.81. The van der Waals surface area contributed by atoms with Crippen molar-refractivity contribution in [2.45, 2.75) is 12.3 Å². The van der Waals surface area contributed by atoms with Crippen LogP contribution >= 0.6 is 0 Å². The summed E-state index contributed by atoms with van der Waals surface area (Å²) in [6, 6.07) is 0.926. The second-order valence-corrected chi connectivity index (χ2v) is 4.25. The highest BCUT2D eigenvalue weighted by atomic mass is 19.4. The minimum atomic E-state index is -4.51. The number of nitrogens with zero attached hydrogens (tertiary/aromatic N) is 2. The number of ether oxygens (including phenoxy) is 1. The number of halogens is 3. The van der Waals surface area contributed by atoms with Gasteiger partial charge in [-0.15, -0.1) is 0 Å². The fourth-order valence-electron chi connectivity index (χ4n) is 1.93. The molecule has 2 heterocycles. The molecule has 1 saturated heterocycles. The number of pyridine rings is 1. The molecule has 1 aromatic heterocycles. The Morgan fingerprint density at radius 1 is 1.53 bits per heavy atom. The molecular weight excluding hydrogens is 263 g/mol. The number of morpholine rings is 1. The quantitative estimate of drug-likeness (QED) is 0.839. The number of hydrogen-bond acceptors (Lipinski definition) is 5. The topological polar surface area (TPSA) is 71.6 Å². The highest BCUT2D eigenvalue weighted by molar-refractivity contribution is 5.67. The van der Waals surface area contributed by atoms with E-state index in [1.807, 2.05) is 0 Å². The van der Waals surface area contributed by atoms with E-state index in [1.165, 1.54) is 0 Å². The number of alkyl halides is 3. The van der Waals surface area contributed by atoms with E-state index in [0.29, 0.717) is 19.7 Å². The van der Waals surface area contributed by atoms with E-state index < -0.39 is 18.0 Å². The summed E-state index contributed by atoms with van der Waals surface area (Å²) in [5.74, 6) is 0. The standard InChI is InChI=1S/C11H14F3N3O2/c12-11(13,14)10-3-9(8(15)4-16-10)17-1-2-19-7(5-17)6-18/h3-4,7,18H,1-2,5-6,15H2. The molecule has 19 heavy (non-hydrogen) atoms. The molecule has 0 bridgehead atoms. The maximum absolute atomic E-state index is 12.6. The number of rotatable bonds is 2. The summed E-state index contributed by atoms with van der Waals surface area (Å²) in [5.41, 5.74) is 5.13. The second-order valence-electron chi connectivity index (χ2n) is 4.25. The highest BCUT2D eigenvalue weighted by Crippen LogP contribution is 2.33. The van der Waals surface area contributed by atoms with Crippen LogP contribution in [0.2, 0.25) is 0 Å². The maximum Gasteiger partial charge on any atom is 0.433 e. The van der Waals surface area contributed by atoms with Crippen molar-refractivity contribution in [3.05, 3.63) is 18.0 Å². The van der Waals surface area contributed by atoms with Crippen LogP contribution in [-0.4, -0.2) is 42.5 Å². The van der Waals surface area contributed by atoms with E-state index in [0.717, 1.165) is 12.3 Å². The summed E-state index contributed by atoms with van der Waals surface area (Å²) in [6.45, 7) is 0.853. The molecule has 1 aromatic rings. The van der Waals surface area contributed by atoms with Gasteiger partial charge in [-0.1, -0.05) is 0 Å². The molecule has 0 aromatic carbocycles.